The minimum atomic E-state index is -0.323. The molecule has 0 aliphatic heterocycles. The van der Waals surface area contributed by atoms with E-state index in [-0.39, 0.29) is 23.5 Å². The molecule has 134 valence electrons. The first kappa shape index (κ1) is 19.3. The van der Waals surface area contributed by atoms with Crippen LogP contribution < -0.4 is 11.1 Å². The van der Waals surface area contributed by atoms with Crippen molar-refractivity contribution in [2.45, 2.75) is 36.8 Å². The third-order valence-electron chi connectivity index (χ3n) is 3.23. The number of esters is 1. The van der Waals surface area contributed by atoms with Gasteiger partial charge in [0, 0.05) is 16.0 Å². The molecule has 1 aromatic heterocycles. The summed E-state index contributed by atoms with van der Waals surface area (Å²) in [5.41, 5.74) is 6.97. The molecule has 6 nitrogen and oxygen atoms in total. The number of aromatic nitrogens is 1. The van der Waals surface area contributed by atoms with E-state index in [1.54, 1.807) is 12.3 Å². The normalized spacial score (nSPS) is 11.8. The van der Waals surface area contributed by atoms with E-state index in [0.29, 0.717) is 29.5 Å². The fourth-order valence-corrected chi connectivity index (χ4v) is 3.69. The first-order chi connectivity index (χ1) is 12.0. The predicted molar refractivity (Wildman–Crippen MR) is 102 cm³/mol. The maximum Gasteiger partial charge on any atom is 0.311 e. The zero-order valence-corrected chi connectivity index (χ0v) is 15.8. The highest BCUT2D eigenvalue weighted by molar-refractivity contribution is 8.00. The Bertz CT molecular complexity index is 716. The maximum absolute atomic E-state index is 12.5. The molecule has 8 heteroatoms. The van der Waals surface area contributed by atoms with Crippen molar-refractivity contribution in [3.05, 3.63) is 35.3 Å². The standard InChI is InChI=1S/C17H21N3O3S2/c1-3-14(25-13-7-5-11(18)6-8-13)16(22)20-17-19-12(10-24-17)9-15(21)23-4-2/h5-8,10,14H,3-4,9,18H2,1-2H3,(H,19,20,22). The second-order valence-corrected chi connectivity index (χ2v) is 7.33. The number of thioether (sulfide) groups is 1. The minimum absolute atomic E-state index is 0.109. The Morgan fingerprint density at radius 1 is 1.32 bits per heavy atom. The summed E-state index contributed by atoms with van der Waals surface area (Å²) in [6.07, 6.45) is 0.791. The van der Waals surface area contributed by atoms with Gasteiger partial charge in [-0.05, 0) is 37.6 Å². The van der Waals surface area contributed by atoms with Crippen LogP contribution in [0.15, 0.2) is 34.5 Å². The van der Waals surface area contributed by atoms with E-state index < -0.39 is 0 Å². The van der Waals surface area contributed by atoms with Crippen LogP contribution in [-0.4, -0.2) is 28.7 Å². The van der Waals surface area contributed by atoms with Gasteiger partial charge in [-0.15, -0.1) is 23.1 Å². The van der Waals surface area contributed by atoms with E-state index in [0.717, 1.165) is 4.90 Å². The summed E-state index contributed by atoms with van der Waals surface area (Å²) in [6, 6.07) is 7.43. The third-order valence-corrected chi connectivity index (χ3v) is 5.42. The second-order valence-electron chi connectivity index (χ2n) is 5.20. The summed E-state index contributed by atoms with van der Waals surface area (Å²) in [5, 5.41) is 4.82. The highest BCUT2D eigenvalue weighted by Crippen LogP contribution is 2.27. The Morgan fingerprint density at radius 3 is 2.68 bits per heavy atom. The van der Waals surface area contributed by atoms with E-state index in [2.05, 4.69) is 10.3 Å². The van der Waals surface area contributed by atoms with E-state index in [1.807, 2.05) is 31.2 Å². The molecule has 0 aliphatic carbocycles. The van der Waals surface area contributed by atoms with Crippen LogP contribution in [0.3, 0.4) is 0 Å². The first-order valence-electron chi connectivity index (χ1n) is 7.94. The van der Waals surface area contributed by atoms with Gasteiger partial charge in [-0.1, -0.05) is 6.92 Å². The van der Waals surface area contributed by atoms with Crippen molar-refractivity contribution in [2.75, 3.05) is 17.7 Å². The highest BCUT2D eigenvalue weighted by Gasteiger charge is 2.19. The summed E-state index contributed by atoms with van der Waals surface area (Å²) >= 11 is 2.78. The Balaban J connectivity index is 1.94. The maximum atomic E-state index is 12.5. The number of nitrogens with one attached hydrogen (secondary N) is 1. The lowest BCUT2D eigenvalue weighted by Gasteiger charge is -2.13. The molecule has 1 aromatic carbocycles. The number of ether oxygens (including phenoxy) is 1. The number of nitrogen functional groups attached to an aromatic ring is 1. The van der Waals surface area contributed by atoms with Crippen molar-refractivity contribution in [3.8, 4) is 0 Å². The van der Waals surface area contributed by atoms with Crippen molar-refractivity contribution in [1.82, 2.24) is 4.98 Å². The number of carbonyl (C=O) groups is 2. The number of anilines is 2. The summed E-state index contributed by atoms with van der Waals surface area (Å²) in [6.45, 7) is 4.06. The van der Waals surface area contributed by atoms with Crippen molar-refractivity contribution in [2.24, 2.45) is 0 Å². The molecule has 0 bridgehead atoms. The molecule has 1 heterocycles. The summed E-state index contributed by atoms with van der Waals surface area (Å²) < 4.78 is 4.89. The molecule has 0 saturated carbocycles. The van der Waals surface area contributed by atoms with Gasteiger partial charge in [0.05, 0.1) is 24.0 Å². The molecular weight excluding hydrogens is 358 g/mol. The molecule has 0 spiro atoms. The molecular formula is C17H21N3O3S2. The van der Waals surface area contributed by atoms with Crippen LogP contribution in [0.2, 0.25) is 0 Å². The number of benzene rings is 1. The van der Waals surface area contributed by atoms with Gasteiger partial charge in [0.15, 0.2) is 5.13 Å². The van der Waals surface area contributed by atoms with Crippen LogP contribution >= 0.6 is 23.1 Å². The molecule has 0 fully saturated rings. The van der Waals surface area contributed by atoms with Crippen LogP contribution in [0.5, 0.6) is 0 Å². The average molecular weight is 380 g/mol. The van der Waals surface area contributed by atoms with Crippen molar-refractivity contribution >= 4 is 45.8 Å². The van der Waals surface area contributed by atoms with E-state index in [9.17, 15) is 9.59 Å². The van der Waals surface area contributed by atoms with Crippen molar-refractivity contribution < 1.29 is 14.3 Å². The monoisotopic (exact) mass is 379 g/mol. The molecule has 0 aliphatic rings. The van der Waals surface area contributed by atoms with Crippen LogP contribution in [-0.2, 0) is 20.7 Å². The molecule has 1 unspecified atom stereocenters. The van der Waals surface area contributed by atoms with Gasteiger partial charge in [0.25, 0.3) is 0 Å². The molecule has 0 saturated heterocycles. The summed E-state index contributed by atoms with van der Waals surface area (Å²) in [5.74, 6) is -0.433. The quantitative estimate of drug-likeness (QED) is 0.415. The van der Waals surface area contributed by atoms with Crippen LogP contribution in [0.4, 0.5) is 10.8 Å². The Labute approximate surface area is 155 Å². The number of nitrogens with zero attached hydrogens (tertiary/aromatic N) is 1. The minimum Gasteiger partial charge on any atom is -0.466 e. The van der Waals surface area contributed by atoms with E-state index in [1.165, 1.54) is 23.1 Å². The van der Waals surface area contributed by atoms with E-state index in [4.69, 9.17) is 10.5 Å². The van der Waals surface area contributed by atoms with Gasteiger partial charge in [0.2, 0.25) is 5.91 Å². The van der Waals surface area contributed by atoms with Crippen LogP contribution in [0.1, 0.15) is 26.0 Å². The Morgan fingerprint density at radius 2 is 2.04 bits per heavy atom. The zero-order chi connectivity index (χ0) is 18.2. The Hall–Kier alpha value is -2.06. The van der Waals surface area contributed by atoms with Gasteiger partial charge in [-0.3, -0.25) is 9.59 Å². The first-order valence-corrected chi connectivity index (χ1v) is 9.70. The molecule has 2 aromatic rings. The zero-order valence-electron chi connectivity index (χ0n) is 14.2. The predicted octanol–water partition coefficient (Wildman–Crippen LogP) is 3.34. The lowest BCUT2D eigenvalue weighted by Crippen LogP contribution is -2.24. The number of hydrogen-bond acceptors (Lipinski definition) is 7. The number of rotatable bonds is 8. The number of thiazole rings is 1. The molecule has 2 rings (SSSR count). The molecule has 1 atom stereocenters. The van der Waals surface area contributed by atoms with Gasteiger partial charge in [-0.25, -0.2) is 4.98 Å². The third kappa shape index (κ3) is 6.06. The van der Waals surface area contributed by atoms with Crippen molar-refractivity contribution in [3.63, 3.8) is 0 Å². The number of amides is 1. The number of nitrogens with two attached hydrogens (primary N) is 1. The largest absolute Gasteiger partial charge is 0.466 e. The van der Waals surface area contributed by atoms with Gasteiger partial charge >= 0.3 is 5.97 Å². The summed E-state index contributed by atoms with van der Waals surface area (Å²) in [7, 11) is 0. The number of carbonyl (C=O) groups excluding carboxylic acids is 2. The van der Waals surface area contributed by atoms with Gasteiger partial charge in [0.1, 0.15) is 0 Å². The topological polar surface area (TPSA) is 94.3 Å². The van der Waals surface area contributed by atoms with Gasteiger partial charge < -0.3 is 15.8 Å². The molecule has 1 amide bonds. The molecule has 3 N–H and O–H groups in total. The fourth-order valence-electron chi connectivity index (χ4n) is 2.02. The lowest BCUT2D eigenvalue weighted by molar-refractivity contribution is -0.142. The SMILES string of the molecule is CCOC(=O)Cc1csc(NC(=O)C(CC)Sc2ccc(N)cc2)n1. The van der Waals surface area contributed by atoms with Crippen molar-refractivity contribution in [1.29, 1.82) is 0 Å². The molecule has 0 radical (unpaired) electrons. The van der Waals surface area contributed by atoms with Crippen LogP contribution in [0.25, 0.3) is 0 Å². The lowest BCUT2D eigenvalue weighted by atomic mass is 10.3. The fraction of sp³-hybridized carbons (Fsp3) is 0.353. The average Bonchev–Trinajstić information content (AvgIpc) is 3.01. The van der Waals surface area contributed by atoms with E-state index >= 15 is 0 Å². The Kier molecular flexibility index (Phi) is 7.27. The second kappa shape index (κ2) is 9.43. The highest BCUT2D eigenvalue weighted by atomic mass is 32.2. The smallest absolute Gasteiger partial charge is 0.311 e. The van der Waals surface area contributed by atoms with Crippen LogP contribution in [0, 0.1) is 0 Å². The number of hydrogen-bond donors (Lipinski definition) is 2. The molecule has 25 heavy (non-hydrogen) atoms. The van der Waals surface area contributed by atoms with Gasteiger partial charge in [-0.2, -0.15) is 0 Å². The summed E-state index contributed by atoms with van der Waals surface area (Å²) in [4.78, 5) is 29.2.